The minimum absolute atomic E-state index is 0.0288. The van der Waals surface area contributed by atoms with Gasteiger partial charge < -0.3 is 10.2 Å². The smallest absolute Gasteiger partial charge is 0.244 e. The van der Waals surface area contributed by atoms with Crippen molar-refractivity contribution in [2.45, 2.75) is 45.6 Å². The molecule has 0 spiro atoms. The first-order chi connectivity index (χ1) is 15.6. The molecule has 0 aliphatic heterocycles. The van der Waals surface area contributed by atoms with Gasteiger partial charge in [0.25, 0.3) is 0 Å². The number of benzene rings is 2. The highest BCUT2D eigenvalue weighted by atomic mass is 32.1. The van der Waals surface area contributed by atoms with E-state index >= 15 is 0 Å². The van der Waals surface area contributed by atoms with Crippen LogP contribution in [0.15, 0.2) is 60.0 Å². The number of nitrogens with one attached hydrogen (secondary N) is 1. The van der Waals surface area contributed by atoms with E-state index in [0.29, 0.717) is 6.54 Å². The molecule has 5 nitrogen and oxygen atoms in total. The largest absolute Gasteiger partial charge is 0.329 e. The van der Waals surface area contributed by atoms with Crippen molar-refractivity contribution in [1.29, 1.82) is 0 Å². The number of carbonyl (C=O) groups is 2. The molecule has 1 N–H and O–H groups in total. The van der Waals surface area contributed by atoms with Crippen molar-refractivity contribution in [3.63, 3.8) is 0 Å². The predicted molar refractivity (Wildman–Crippen MR) is 129 cm³/mol. The highest BCUT2D eigenvalue weighted by molar-refractivity contribution is 7.09. The lowest BCUT2D eigenvalue weighted by Crippen LogP contribution is -2.41. The van der Waals surface area contributed by atoms with Crippen molar-refractivity contribution < 1.29 is 9.59 Å². The van der Waals surface area contributed by atoms with Crippen LogP contribution in [0.25, 0.3) is 11.3 Å². The van der Waals surface area contributed by atoms with E-state index < -0.39 is 0 Å². The maximum atomic E-state index is 13.2. The molecule has 0 unspecified atom stereocenters. The molecule has 166 valence electrons. The van der Waals surface area contributed by atoms with Crippen molar-refractivity contribution in [2.75, 3.05) is 11.9 Å². The molecule has 0 bridgehead atoms. The third-order valence-corrected chi connectivity index (χ3v) is 6.67. The second-order valence-electron chi connectivity index (χ2n) is 8.39. The number of anilines is 1. The van der Waals surface area contributed by atoms with E-state index in [1.54, 1.807) is 16.2 Å². The molecule has 3 aromatic rings. The molecule has 32 heavy (non-hydrogen) atoms. The lowest BCUT2D eigenvalue weighted by atomic mass is 9.88. The maximum absolute atomic E-state index is 13.2. The van der Waals surface area contributed by atoms with E-state index in [0.717, 1.165) is 53.2 Å². The molecule has 1 saturated carbocycles. The molecule has 6 heteroatoms. The fraction of sp³-hybridized carbons (Fsp3) is 0.346. The number of hydrogen-bond acceptors (Lipinski definition) is 4. The van der Waals surface area contributed by atoms with Crippen LogP contribution in [-0.4, -0.2) is 28.2 Å². The van der Waals surface area contributed by atoms with Crippen LogP contribution in [0.3, 0.4) is 0 Å². The van der Waals surface area contributed by atoms with Gasteiger partial charge in [-0.2, -0.15) is 0 Å². The Balaban J connectivity index is 1.42. The van der Waals surface area contributed by atoms with Crippen molar-refractivity contribution in [2.24, 2.45) is 5.92 Å². The van der Waals surface area contributed by atoms with Crippen LogP contribution in [0.4, 0.5) is 5.69 Å². The van der Waals surface area contributed by atoms with E-state index in [-0.39, 0.29) is 24.3 Å². The summed E-state index contributed by atoms with van der Waals surface area (Å²) in [6.45, 7) is 2.49. The summed E-state index contributed by atoms with van der Waals surface area (Å²) in [5, 5.41) is 6.00. The first kappa shape index (κ1) is 22.2. The lowest BCUT2D eigenvalue weighted by Gasteiger charge is -2.29. The third kappa shape index (κ3) is 5.82. The molecule has 1 aliphatic rings. The average molecular weight is 448 g/mol. The summed E-state index contributed by atoms with van der Waals surface area (Å²) >= 11 is 1.62. The van der Waals surface area contributed by atoms with Gasteiger partial charge in [-0.3, -0.25) is 9.59 Å². The molecule has 1 fully saturated rings. The number of rotatable bonds is 7. The zero-order valence-electron chi connectivity index (χ0n) is 18.4. The van der Waals surface area contributed by atoms with E-state index in [1.807, 2.05) is 66.9 Å². The van der Waals surface area contributed by atoms with E-state index in [4.69, 9.17) is 0 Å². The lowest BCUT2D eigenvalue weighted by molar-refractivity contribution is -0.139. The van der Waals surface area contributed by atoms with Gasteiger partial charge in [-0.25, -0.2) is 4.98 Å². The first-order valence-electron chi connectivity index (χ1n) is 11.2. The van der Waals surface area contributed by atoms with Gasteiger partial charge in [0, 0.05) is 29.1 Å². The third-order valence-electron chi connectivity index (χ3n) is 5.90. The van der Waals surface area contributed by atoms with Gasteiger partial charge in [0.1, 0.15) is 6.54 Å². The number of amides is 2. The van der Waals surface area contributed by atoms with Crippen LogP contribution in [0.5, 0.6) is 0 Å². The van der Waals surface area contributed by atoms with Gasteiger partial charge in [-0.1, -0.05) is 61.7 Å². The van der Waals surface area contributed by atoms with Gasteiger partial charge in [0.15, 0.2) is 0 Å². The number of hydrogen-bond donors (Lipinski definition) is 1. The Kier molecular flexibility index (Phi) is 7.32. The number of nitrogens with zero attached hydrogens (tertiary/aromatic N) is 2. The van der Waals surface area contributed by atoms with Crippen LogP contribution in [0, 0.1) is 12.8 Å². The second kappa shape index (κ2) is 10.6. The van der Waals surface area contributed by atoms with E-state index in [2.05, 4.69) is 10.3 Å². The zero-order valence-corrected chi connectivity index (χ0v) is 19.2. The Morgan fingerprint density at radius 3 is 2.41 bits per heavy atom. The quantitative estimate of drug-likeness (QED) is 0.508. The molecule has 0 radical (unpaired) electrons. The van der Waals surface area contributed by atoms with E-state index in [9.17, 15) is 9.59 Å². The fourth-order valence-corrected chi connectivity index (χ4v) is 4.84. The maximum Gasteiger partial charge on any atom is 0.244 e. The molecule has 1 aromatic heterocycles. The summed E-state index contributed by atoms with van der Waals surface area (Å²) in [5.74, 6) is -0.0543. The van der Waals surface area contributed by atoms with Crippen LogP contribution >= 0.6 is 11.3 Å². The van der Waals surface area contributed by atoms with Crippen LogP contribution < -0.4 is 5.32 Å². The van der Waals surface area contributed by atoms with Gasteiger partial charge in [0.2, 0.25) is 11.8 Å². The molecule has 2 amide bonds. The van der Waals surface area contributed by atoms with Crippen molar-refractivity contribution >= 4 is 28.8 Å². The highest BCUT2D eigenvalue weighted by Gasteiger charge is 2.27. The number of thiazole rings is 1. The second-order valence-corrected chi connectivity index (χ2v) is 9.45. The molecule has 0 atom stereocenters. The molecule has 0 saturated heterocycles. The SMILES string of the molecule is Cc1nc(-c2ccc(NC(=O)CN(Cc3ccccc3)C(=O)C3CCCCC3)cc2)cs1. The molecule has 1 aliphatic carbocycles. The molecular weight excluding hydrogens is 418 g/mol. The molecule has 2 aromatic carbocycles. The van der Waals surface area contributed by atoms with Crippen molar-refractivity contribution in [1.82, 2.24) is 9.88 Å². The topological polar surface area (TPSA) is 62.3 Å². The molecule has 4 rings (SSSR count). The highest BCUT2D eigenvalue weighted by Crippen LogP contribution is 2.26. The van der Waals surface area contributed by atoms with Crippen LogP contribution in [-0.2, 0) is 16.1 Å². The Morgan fingerprint density at radius 2 is 1.75 bits per heavy atom. The summed E-state index contributed by atoms with van der Waals surface area (Å²) in [4.78, 5) is 32.3. The average Bonchev–Trinajstić information content (AvgIpc) is 3.26. The van der Waals surface area contributed by atoms with E-state index in [1.165, 1.54) is 6.42 Å². The normalized spacial score (nSPS) is 14.2. The van der Waals surface area contributed by atoms with Crippen LogP contribution in [0.2, 0.25) is 0 Å². The van der Waals surface area contributed by atoms with Crippen molar-refractivity contribution in [3.05, 3.63) is 70.5 Å². The Morgan fingerprint density at radius 1 is 1.03 bits per heavy atom. The summed E-state index contributed by atoms with van der Waals surface area (Å²) < 4.78 is 0. The Bertz CT molecular complexity index is 1040. The first-order valence-corrected chi connectivity index (χ1v) is 12.1. The summed E-state index contributed by atoms with van der Waals surface area (Å²) in [6.07, 6.45) is 5.21. The van der Waals surface area contributed by atoms with Gasteiger partial charge in [-0.15, -0.1) is 11.3 Å². The number of aromatic nitrogens is 1. The molecular formula is C26H29N3O2S. The minimum atomic E-state index is -0.178. The van der Waals surface area contributed by atoms with Gasteiger partial charge in [0.05, 0.1) is 10.7 Å². The predicted octanol–water partition coefficient (Wildman–Crippen LogP) is 5.67. The van der Waals surface area contributed by atoms with Gasteiger partial charge in [-0.05, 0) is 37.5 Å². The zero-order chi connectivity index (χ0) is 22.3. The number of carbonyl (C=O) groups excluding carboxylic acids is 2. The van der Waals surface area contributed by atoms with Crippen LogP contribution in [0.1, 0.15) is 42.7 Å². The monoisotopic (exact) mass is 447 g/mol. The fourth-order valence-electron chi connectivity index (χ4n) is 4.22. The minimum Gasteiger partial charge on any atom is -0.329 e. The molecule has 1 heterocycles. The standard InChI is InChI=1S/C26H29N3O2S/c1-19-27-24(18-32-19)21-12-14-23(15-13-21)28-25(30)17-29(16-20-8-4-2-5-9-20)26(31)22-10-6-3-7-11-22/h2,4-5,8-9,12-15,18,22H,3,6-7,10-11,16-17H2,1H3,(H,28,30). The Hall–Kier alpha value is -2.99. The van der Waals surface area contributed by atoms with Gasteiger partial charge >= 0.3 is 0 Å². The number of aryl methyl sites for hydroxylation is 1. The van der Waals surface area contributed by atoms with Crippen molar-refractivity contribution in [3.8, 4) is 11.3 Å². The summed E-state index contributed by atoms with van der Waals surface area (Å²) in [6, 6.07) is 17.6. The summed E-state index contributed by atoms with van der Waals surface area (Å²) in [7, 11) is 0. The summed E-state index contributed by atoms with van der Waals surface area (Å²) in [5.41, 5.74) is 3.71. The Labute approximate surface area is 193 Å².